The Bertz CT molecular complexity index is 780. The fraction of sp³-hybridized carbons (Fsp3) is 0.200. The van der Waals surface area contributed by atoms with Gasteiger partial charge in [0, 0.05) is 19.7 Å². The molecular weight excluding hydrogens is 381 g/mol. The molecule has 0 aliphatic rings. The molecule has 0 bridgehead atoms. The molecule has 0 radical (unpaired) electrons. The van der Waals surface area contributed by atoms with E-state index in [1.54, 1.807) is 11.3 Å². The first-order chi connectivity index (χ1) is 9.54. The van der Waals surface area contributed by atoms with Crippen LogP contribution in [0.15, 0.2) is 30.3 Å². The quantitative estimate of drug-likeness (QED) is 0.478. The van der Waals surface area contributed by atoms with Crippen molar-refractivity contribution in [2.45, 2.75) is 6.92 Å². The Morgan fingerprint density at radius 1 is 1.10 bits per heavy atom. The number of rotatable bonds is 2. The number of pyridine rings is 1. The van der Waals surface area contributed by atoms with Crippen LogP contribution in [-0.4, -0.2) is 24.1 Å². The molecule has 0 amide bonds. The molecule has 0 fully saturated rings. The van der Waals surface area contributed by atoms with Gasteiger partial charge in [-0.3, -0.25) is 0 Å². The summed E-state index contributed by atoms with van der Waals surface area (Å²) < 4.78 is 2.22. The lowest BCUT2D eigenvalue weighted by atomic mass is 10.2. The van der Waals surface area contributed by atoms with Crippen molar-refractivity contribution in [1.82, 2.24) is 9.97 Å². The van der Waals surface area contributed by atoms with Crippen LogP contribution in [-0.2, 0) is 0 Å². The predicted octanol–water partition coefficient (Wildman–Crippen LogP) is 4.34. The van der Waals surface area contributed by atoms with Gasteiger partial charge in [-0.1, -0.05) is 6.07 Å². The van der Waals surface area contributed by atoms with Crippen LogP contribution in [0.2, 0.25) is 0 Å². The highest BCUT2D eigenvalue weighted by atomic mass is 127. The first-order valence-corrected chi connectivity index (χ1v) is 8.15. The molecule has 3 nitrogen and oxygen atoms in total. The van der Waals surface area contributed by atoms with Crippen LogP contribution in [0, 0.1) is 10.6 Å². The van der Waals surface area contributed by atoms with E-state index in [1.165, 1.54) is 10.3 Å². The zero-order chi connectivity index (χ0) is 14.3. The Hall–Kier alpha value is -1.21. The number of aryl methyl sites for hydroxylation is 1. The minimum atomic E-state index is 0.968. The third-order valence-electron chi connectivity index (χ3n) is 3.07. The highest BCUT2D eigenvalue weighted by Crippen LogP contribution is 2.33. The monoisotopic (exact) mass is 395 g/mol. The van der Waals surface area contributed by atoms with E-state index in [-0.39, 0.29) is 0 Å². The lowest BCUT2D eigenvalue weighted by molar-refractivity contribution is 1.06. The molecule has 5 heteroatoms. The fourth-order valence-electron chi connectivity index (χ4n) is 1.98. The third kappa shape index (κ3) is 2.52. The summed E-state index contributed by atoms with van der Waals surface area (Å²) in [7, 11) is 4.00. The second kappa shape index (κ2) is 5.29. The van der Waals surface area contributed by atoms with Crippen LogP contribution in [0.3, 0.4) is 0 Å². The molecule has 0 unspecified atom stereocenters. The normalized spacial score (nSPS) is 11.0. The Balaban J connectivity index is 2.10. The van der Waals surface area contributed by atoms with Crippen molar-refractivity contribution in [3.8, 4) is 10.6 Å². The van der Waals surface area contributed by atoms with E-state index in [9.17, 15) is 0 Å². The van der Waals surface area contributed by atoms with Crippen LogP contribution in [0.1, 0.15) is 5.56 Å². The molecule has 102 valence electrons. The zero-order valence-corrected chi connectivity index (χ0v) is 14.5. The maximum atomic E-state index is 4.72. The summed E-state index contributed by atoms with van der Waals surface area (Å²) in [6.07, 6.45) is 0. The first kappa shape index (κ1) is 13.8. The molecule has 2 aromatic heterocycles. The number of anilines is 1. The number of benzene rings is 1. The summed E-state index contributed by atoms with van der Waals surface area (Å²) in [5, 5.41) is 1.04. The van der Waals surface area contributed by atoms with Crippen LogP contribution >= 0.6 is 33.9 Å². The molecule has 0 atom stereocenters. The summed E-state index contributed by atoms with van der Waals surface area (Å²) in [5.41, 5.74) is 3.43. The van der Waals surface area contributed by atoms with Gasteiger partial charge in [0.05, 0.1) is 10.2 Å². The van der Waals surface area contributed by atoms with Gasteiger partial charge < -0.3 is 4.90 Å². The van der Waals surface area contributed by atoms with Crippen LogP contribution in [0.25, 0.3) is 20.8 Å². The second-order valence-electron chi connectivity index (χ2n) is 4.89. The average Bonchev–Trinajstić information content (AvgIpc) is 2.80. The van der Waals surface area contributed by atoms with Gasteiger partial charge in [0.25, 0.3) is 0 Å². The highest BCUT2D eigenvalue weighted by molar-refractivity contribution is 14.1. The van der Waals surface area contributed by atoms with E-state index in [0.717, 1.165) is 25.6 Å². The van der Waals surface area contributed by atoms with Gasteiger partial charge in [-0.2, -0.15) is 0 Å². The SMILES string of the molecule is Cc1ccc2nc(-c3ccc(N(C)C)nc3I)sc2c1. The Morgan fingerprint density at radius 3 is 2.60 bits per heavy atom. The molecule has 0 N–H and O–H groups in total. The molecule has 0 spiro atoms. The minimum Gasteiger partial charge on any atom is -0.363 e. The van der Waals surface area contributed by atoms with Crippen molar-refractivity contribution in [2.75, 3.05) is 19.0 Å². The van der Waals surface area contributed by atoms with Gasteiger partial charge in [-0.25, -0.2) is 9.97 Å². The van der Waals surface area contributed by atoms with E-state index in [4.69, 9.17) is 4.98 Å². The molecule has 3 aromatic rings. The van der Waals surface area contributed by atoms with Gasteiger partial charge in [0.2, 0.25) is 0 Å². The van der Waals surface area contributed by atoms with E-state index in [0.29, 0.717) is 0 Å². The average molecular weight is 395 g/mol. The van der Waals surface area contributed by atoms with Crippen LogP contribution in [0.5, 0.6) is 0 Å². The topological polar surface area (TPSA) is 29.0 Å². The second-order valence-corrected chi connectivity index (χ2v) is 6.94. The first-order valence-electron chi connectivity index (χ1n) is 6.26. The summed E-state index contributed by atoms with van der Waals surface area (Å²) >= 11 is 4.01. The molecule has 0 aliphatic heterocycles. The summed E-state index contributed by atoms with van der Waals surface area (Å²) in [5.74, 6) is 0.968. The fourth-order valence-corrected chi connectivity index (χ4v) is 3.94. The molecule has 2 heterocycles. The number of aromatic nitrogens is 2. The number of thiazole rings is 1. The molecule has 3 rings (SSSR count). The van der Waals surface area contributed by atoms with E-state index in [1.807, 2.05) is 25.1 Å². The molecule has 0 saturated carbocycles. The van der Waals surface area contributed by atoms with Gasteiger partial charge >= 0.3 is 0 Å². The summed E-state index contributed by atoms with van der Waals surface area (Å²) in [6.45, 7) is 2.11. The van der Waals surface area contributed by atoms with Gasteiger partial charge in [0.1, 0.15) is 14.5 Å². The third-order valence-corrected chi connectivity index (χ3v) is 4.94. The van der Waals surface area contributed by atoms with E-state index < -0.39 is 0 Å². The largest absolute Gasteiger partial charge is 0.363 e. The number of halogens is 1. The molecular formula is C15H14IN3S. The Kier molecular flexibility index (Phi) is 3.64. The summed E-state index contributed by atoms with van der Waals surface area (Å²) in [6, 6.07) is 10.5. The molecule has 0 aliphatic carbocycles. The minimum absolute atomic E-state index is 0.968. The maximum absolute atomic E-state index is 4.72. The molecule has 1 aromatic carbocycles. The number of hydrogen-bond donors (Lipinski definition) is 0. The molecule has 0 saturated heterocycles. The lowest BCUT2D eigenvalue weighted by Crippen LogP contribution is -2.11. The van der Waals surface area contributed by atoms with Crippen LogP contribution < -0.4 is 4.90 Å². The Labute approximate surface area is 135 Å². The van der Waals surface area contributed by atoms with Crippen molar-refractivity contribution in [3.63, 3.8) is 0 Å². The van der Waals surface area contributed by atoms with Crippen molar-refractivity contribution in [1.29, 1.82) is 0 Å². The zero-order valence-electron chi connectivity index (χ0n) is 11.5. The lowest BCUT2D eigenvalue weighted by Gasteiger charge is -2.12. The van der Waals surface area contributed by atoms with Crippen molar-refractivity contribution in [2.24, 2.45) is 0 Å². The number of fused-ring (bicyclic) bond motifs is 1. The summed E-state index contributed by atoms with van der Waals surface area (Å²) in [4.78, 5) is 11.3. The standard InChI is InChI=1S/C15H14IN3S/c1-9-4-6-11-12(8-9)20-15(17-11)10-5-7-13(19(2)3)18-14(10)16/h4-8H,1-3H3. The van der Waals surface area contributed by atoms with Gasteiger partial charge in [-0.05, 0) is 59.3 Å². The van der Waals surface area contributed by atoms with Crippen molar-refractivity contribution in [3.05, 3.63) is 39.6 Å². The Morgan fingerprint density at radius 2 is 1.90 bits per heavy atom. The van der Waals surface area contributed by atoms with Gasteiger partial charge in [0.15, 0.2) is 0 Å². The van der Waals surface area contributed by atoms with E-state index in [2.05, 4.69) is 58.8 Å². The van der Waals surface area contributed by atoms with Crippen molar-refractivity contribution >= 4 is 50.0 Å². The predicted molar refractivity (Wildman–Crippen MR) is 94.6 cm³/mol. The van der Waals surface area contributed by atoms with Crippen LogP contribution in [0.4, 0.5) is 5.82 Å². The maximum Gasteiger partial charge on any atom is 0.129 e. The smallest absolute Gasteiger partial charge is 0.129 e. The highest BCUT2D eigenvalue weighted by Gasteiger charge is 2.11. The van der Waals surface area contributed by atoms with Gasteiger partial charge in [-0.15, -0.1) is 11.3 Å². The van der Waals surface area contributed by atoms with E-state index >= 15 is 0 Å². The van der Waals surface area contributed by atoms with Crippen molar-refractivity contribution < 1.29 is 0 Å². The number of nitrogens with zero attached hydrogens (tertiary/aromatic N) is 3. The number of hydrogen-bond acceptors (Lipinski definition) is 4. The molecule has 20 heavy (non-hydrogen) atoms.